The molecule has 0 spiro atoms. The van der Waals surface area contributed by atoms with Gasteiger partial charge < -0.3 is 0 Å². The van der Waals surface area contributed by atoms with Gasteiger partial charge in [-0.1, -0.05) is 61.2 Å². The SMILES string of the molecule is CCc1ccc(C(=O)C(C)Sc2nnc(C3CC3)n2-c2ccccc2)cc1. The Bertz CT molecular complexity index is 930. The highest BCUT2D eigenvalue weighted by Crippen LogP contribution is 2.41. The second kappa shape index (κ2) is 7.69. The summed E-state index contributed by atoms with van der Waals surface area (Å²) < 4.78 is 2.12. The molecule has 1 fully saturated rings. The molecule has 138 valence electrons. The molecule has 4 nitrogen and oxygen atoms in total. The van der Waals surface area contributed by atoms with Crippen molar-refractivity contribution in [1.29, 1.82) is 0 Å². The van der Waals surface area contributed by atoms with E-state index in [4.69, 9.17) is 0 Å². The van der Waals surface area contributed by atoms with Gasteiger partial charge in [0.25, 0.3) is 0 Å². The third kappa shape index (κ3) is 3.83. The molecule has 1 aromatic heterocycles. The van der Waals surface area contributed by atoms with Gasteiger partial charge in [0.15, 0.2) is 10.9 Å². The van der Waals surface area contributed by atoms with E-state index < -0.39 is 0 Å². The number of aromatic nitrogens is 3. The third-order valence-electron chi connectivity index (χ3n) is 4.91. The van der Waals surface area contributed by atoms with E-state index in [9.17, 15) is 4.79 Å². The van der Waals surface area contributed by atoms with Crippen LogP contribution in [-0.2, 0) is 6.42 Å². The highest BCUT2D eigenvalue weighted by Gasteiger charge is 2.32. The first kappa shape index (κ1) is 18.0. The maximum atomic E-state index is 12.9. The summed E-state index contributed by atoms with van der Waals surface area (Å²) in [4.78, 5) is 12.9. The van der Waals surface area contributed by atoms with E-state index >= 15 is 0 Å². The van der Waals surface area contributed by atoms with Crippen molar-refractivity contribution in [3.63, 3.8) is 0 Å². The molecule has 4 rings (SSSR count). The number of carbonyl (C=O) groups is 1. The standard InChI is InChI=1S/C22H23N3OS/c1-3-16-9-11-17(12-10-16)20(26)15(2)27-22-24-23-21(18-13-14-18)25(22)19-7-5-4-6-8-19/h4-12,15,18H,3,13-14H2,1-2H3. The lowest BCUT2D eigenvalue weighted by Crippen LogP contribution is -2.15. The zero-order valence-electron chi connectivity index (χ0n) is 15.6. The van der Waals surface area contributed by atoms with Gasteiger partial charge in [-0.3, -0.25) is 9.36 Å². The van der Waals surface area contributed by atoms with Crippen molar-refractivity contribution in [3.05, 3.63) is 71.5 Å². The van der Waals surface area contributed by atoms with Gasteiger partial charge in [0, 0.05) is 17.2 Å². The summed E-state index contributed by atoms with van der Waals surface area (Å²) in [5, 5.41) is 9.42. The molecule has 5 heteroatoms. The normalized spacial score (nSPS) is 14.9. The van der Waals surface area contributed by atoms with Gasteiger partial charge in [0.05, 0.1) is 5.25 Å². The van der Waals surface area contributed by atoms with Gasteiger partial charge in [-0.05, 0) is 43.9 Å². The zero-order valence-corrected chi connectivity index (χ0v) is 16.4. The highest BCUT2D eigenvalue weighted by molar-refractivity contribution is 8.00. The molecule has 1 atom stereocenters. The Labute approximate surface area is 164 Å². The Hall–Kier alpha value is -2.40. The second-order valence-electron chi connectivity index (χ2n) is 6.96. The predicted molar refractivity (Wildman–Crippen MR) is 109 cm³/mol. The first-order valence-electron chi connectivity index (χ1n) is 9.48. The number of aryl methyl sites for hydroxylation is 1. The van der Waals surface area contributed by atoms with Gasteiger partial charge in [0.1, 0.15) is 5.82 Å². The smallest absolute Gasteiger partial charge is 0.196 e. The number of hydrogen-bond donors (Lipinski definition) is 0. The molecule has 0 N–H and O–H groups in total. The first-order chi connectivity index (χ1) is 13.2. The van der Waals surface area contributed by atoms with Crippen LogP contribution in [0.3, 0.4) is 0 Å². The van der Waals surface area contributed by atoms with Crippen LogP contribution in [0.2, 0.25) is 0 Å². The van der Waals surface area contributed by atoms with E-state index in [0.717, 1.165) is 41.5 Å². The van der Waals surface area contributed by atoms with Gasteiger partial charge in [-0.25, -0.2) is 0 Å². The van der Waals surface area contributed by atoms with Crippen LogP contribution < -0.4 is 0 Å². The van der Waals surface area contributed by atoms with Crippen molar-refractivity contribution < 1.29 is 4.79 Å². The molecule has 0 bridgehead atoms. The average Bonchev–Trinajstić information content (AvgIpc) is 3.48. The monoisotopic (exact) mass is 377 g/mol. The Balaban J connectivity index is 1.59. The van der Waals surface area contributed by atoms with Crippen molar-refractivity contribution in [2.45, 2.75) is 49.4 Å². The van der Waals surface area contributed by atoms with Crippen LogP contribution in [0.25, 0.3) is 5.69 Å². The Morgan fingerprint density at radius 1 is 1.11 bits per heavy atom. The first-order valence-corrected chi connectivity index (χ1v) is 10.4. The van der Waals surface area contributed by atoms with Gasteiger partial charge in [-0.2, -0.15) is 0 Å². The van der Waals surface area contributed by atoms with Crippen LogP contribution in [0.4, 0.5) is 0 Å². The van der Waals surface area contributed by atoms with E-state index in [2.05, 4.69) is 33.8 Å². The quantitative estimate of drug-likeness (QED) is 0.426. The van der Waals surface area contributed by atoms with E-state index in [1.807, 2.05) is 49.4 Å². The molecule has 1 saturated carbocycles. The van der Waals surface area contributed by atoms with Crippen molar-refractivity contribution >= 4 is 17.5 Å². The van der Waals surface area contributed by atoms with E-state index in [1.165, 1.54) is 17.3 Å². The fourth-order valence-electron chi connectivity index (χ4n) is 3.13. The van der Waals surface area contributed by atoms with Crippen LogP contribution in [0.5, 0.6) is 0 Å². The highest BCUT2D eigenvalue weighted by atomic mass is 32.2. The molecular weight excluding hydrogens is 354 g/mol. The topological polar surface area (TPSA) is 47.8 Å². The second-order valence-corrected chi connectivity index (χ2v) is 8.27. The fraction of sp³-hybridized carbons (Fsp3) is 0.318. The van der Waals surface area contributed by atoms with Crippen molar-refractivity contribution in [2.75, 3.05) is 0 Å². The zero-order chi connectivity index (χ0) is 18.8. The molecule has 1 heterocycles. The number of para-hydroxylation sites is 1. The molecule has 1 unspecified atom stereocenters. The lowest BCUT2D eigenvalue weighted by molar-refractivity contribution is 0.0994. The van der Waals surface area contributed by atoms with E-state index in [0.29, 0.717) is 5.92 Å². The van der Waals surface area contributed by atoms with Crippen LogP contribution in [0.15, 0.2) is 59.8 Å². The number of rotatable bonds is 7. The van der Waals surface area contributed by atoms with Crippen molar-refractivity contribution in [2.24, 2.45) is 0 Å². The predicted octanol–water partition coefficient (Wildman–Crippen LogP) is 5.07. The summed E-state index contributed by atoms with van der Waals surface area (Å²) >= 11 is 1.48. The number of thioether (sulfide) groups is 1. The van der Waals surface area contributed by atoms with Crippen molar-refractivity contribution in [3.8, 4) is 5.69 Å². The Morgan fingerprint density at radius 2 is 1.81 bits per heavy atom. The van der Waals surface area contributed by atoms with Gasteiger partial charge >= 0.3 is 0 Å². The largest absolute Gasteiger partial charge is 0.293 e. The maximum Gasteiger partial charge on any atom is 0.196 e. The molecule has 3 aromatic rings. The van der Waals surface area contributed by atoms with Crippen LogP contribution in [0.1, 0.15) is 54.4 Å². The number of ketones is 1. The van der Waals surface area contributed by atoms with Gasteiger partial charge in [-0.15, -0.1) is 10.2 Å². The number of hydrogen-bond acceptors (Lipinski definition) is 4. The number of nitrogens with zero attached hydrogens (tertiary/aromatic N) is 3. The van der Waals surface area contributed by atoms with Gasteiger partial charge in [0.2, 0.25) is 0 Å². The minimum Gasteiger partial charge on any atom is -0.293 e. The van der Waals surface area contributed by atoms with E-state index in [1.54, 1.807) is 0 Å². The van der Waals surface area contributed by atoms with E-state index in [-0.39, 0.29) is 11.0 Å². The number of benzene rings is 2. The summed E-state index contributed by atoms with van der Waals surface area (Å²) in [6.45, 7) is 4.06. The maximum absolute atomic E-state index is 12.9. The fourth-order valence-corrected chi connectivity index (χ4v) is 4.09. The summed E-state index contributed by atoms with van der Waals surface area (Å²) in [5.74, 6) is 1.62. The average molecular weight is 378 g/mol. The molecule has 1 aliphatic rings. The number of carbonyl (C=O) groups excluding carboxylic acids is 1. The minimum absolute atomic E-state index is 0.123. The van der Waals surface area contributed by atoms with Crippen LogP contribution >= 0.6 is 11.8 Å². The summed E-state index contributed by atoms with van der Waals surface area (Å²) in [6, 6.07) is 18.1. The molecular formula is C22H23N3OS. The summed E-state index contributed by atoms with van der Waals surface area (Å²) in [7, 11) is 0. The lowest BCUT2D eigenvalue weighted by Gasteiger charge is -2.13. The molecule has 1 aliphatic carbocycles. The molecule has 0 amide bonds. The Morgan fingerprint density at radius 3 is 2.44 bits per heavy atom. The summed E-state index contributed by atoms with van der Waals surface area (Å²) in [6.07, 6.45) is 3.30. The third-order valence-corrected chi connectivity index (χ3v) is 5.96. The molecule has 0 saturated heterocycles. The van der Waals surface area contributed by atoms with Crippen LogP contribution in [0, 0.1) is 0 Å². The summed E-state index contributed by atoms with van der Waals surface area (Å²) in [5.41, 5.74) is 3.05. The molecule has 0 aliphatic heterocycles. The Kier molecular flexibility index (Phi) is 5.12. The minimum atomic E-state index is -0.226. The van der Waals surface area contributed by atoms with Crippen LogP contribution in [-0.4, -0.2) is 25.8 Å². The molecule has 27 heavy (non-hydrogen) atoms. The number of Topliss-reactive ketones (excluding diaryl/α,β-unsaturated/α-hetero) is 1. The molecule has 0 radical (unpaired) electrons. The van der Waals surface area contributed by atoms with Crippen molar-refractivity contribution in [1.82, 2.24) is 14.8 Å². The molecule has 2 aromatic carbocycles. The lowest BCUT2D eigenvalue weighted by atomic mass is 10.1.